The molecule has 0 radical (unpaired) electrons. The van der Waals surface area contributed by atoms with E-state index in [4.69, 9.17) is 0 Å². The topological polar surface area (TPSA) is 24.9 Å². The molecule has 1 aliphatic rings. The van der Waals surface area contributed by atoms with Crippen molar-refractivity contribution < 1.29 is 0 Å². The smallest absolute Gasteiger partial charge is 0.0420 e. The largest absolute Gasteiger partial charge is 0.314 e. The van der Waals surface area contributed by atoms with Crippen LogP contribution in [0.25, 0.3) is 0 Å². The third-order valence-corrected chi connectivity index (χ3v) is 4.70. The summed E-state index contributed by atoms with van der Waals surface area (Å²) in [4.78, 5) is 4.53. The maximum atomic E-state index is 4.53. The predicted molar refractivity (Wildman–Crippen MR) is 84.2 cm³/mol. The SMILES string of the molecule is CCNC(Cc1ccc(Br)cn1)C1CCCC(C)C1. The van der Waals surface area contributed by atoms with Crippen molar-refractivity contribution >= 4 is 15.9 Å². The number of rotatable bonds is 5. The number of aromatic nitrogens is 1. The number of nitrogens with zero attached hydrogens (tertiary/aromatic N) is 1. The van der Waals surface area contributed by atoms with Gasteiger partial charge in [0.05, 0.1) is 0 Å². The average Bonchev–Trinajstić information content (AvgIpc) is 2.41. The van der Waals surface area contributed by atoms with Gasteiger partial charge in [-0.15, -0.1) is 0 Å². The maximum Gasteiger partial charge on any atom is 0.0420 e. The molecule has 1 aliphatic carbocycles. The van der Waals surface area contributed by atoms with Crippen molar-refractivity contribution in [1.82, 2.24) is 10.3 Å². The van der Waals surface area contributed by atoms with Gasteiger partial charge in [0, 0.05) is 28.8 Å². The Labute approximate surface area is 125 Å². The fraction of sp³-hybridized carbons (Fsp3) is 0.688. The van der Waals surface area contributed by atoms with Crippen molar-refractivity contribution in [2.24, 2.45) is 11.8 Å². The van der Waals surface area contributed by atoms with Gasteiger partial charge in [-0.2, -0.15) is 0 Å². The van der Waals surface area contributed by atoms with Gasteiger partial charge in [-0.1, -0.05) is 26.7 Å². The van der Waals surface area contributed by atoms with Crippen molar-refractivity contribution in [3.63, 3.8) is 0 Å². The molecule has 106 valence electrons. The fourth-order valence-corrected chi connectivity index (χ4v) is 3.50. The minimum atomic E-state index is 0.585. The second-order valence-corrected chi connectivity index (χ2v) is 6.78. The molecule has 3 heteroatoms. The second-order valence-electron chi connectivity index (χ2n) is 5.87. The molecule has 0 aliphatic heterocycles. The van der Waals surface area contributed by atoms with E-state index in [1.165, 1.54) is 31.4 Å². The summed E-state index contributed by atoms with van der Waals surface area (Å²) in [6.45, 7) is 5.65. The molecule has 0 saturated heterocycles. The van der Waals surface area contributed by atoms with Crippen molar-refractivity contribution in [3.05, 3.63) is 28.5 Å². The van der Waals surface area contributed by atoms with E-state index in [-0.39, 0.29) is 0 Å². The lowest BCUT2D eigenvalue weighted by Crippen LogP contribution is -2.40. The van der Waals surface area contributed by atoms with Gasteiger partial charge in [0.25, 0.3) is 0 Å². The first-order valence-corrected chi connectivity index (χ1v) is 8.32. The van der Waals surface area contributed by atoms with E-state index < -0.39 is 0 Å². The number of hydrogen-bond donors (Lipinski definition) is 1. The van der Waals surface area contributed by atoms with Crippen molar-refractivity contribution in [2.75, 3.05) is 6.54 Å². The Kier molecular flexibility index (Phi) is 5.83. The molecule has 1 N–H and O–H groups in total. The van der Waals surface area contributed by atoms with Crippen molar-refractivity contribution in [1.29, 1.82) is 0 Å². The summed E-state index contributed by atoms with van der Waals surface area (Å²) < 4.78 is 1.06. The lowest BCUT2D eigenvalue weighted by molar-refractivity contribution is 0.222. The molecular formula is C16H25BrN2. The molecule has 1 heterocycles. The van der Waals surface area contributed by atoms with Gasteiger partial charge >= 0.3 is 0 Å². The number of pyridine rings is 1. The molecule has 1 fully saturated rings. The van der Waals surface area contributed by atoms with Gasteiger partial charge in [0.1, 0.15) is 0 Å². The molecule has 19 heavy (non-hydrogen) atoms. The highest BCUT2D eigenvalue weighted by Gasteiger charge is 2.26. The molecule has 2 rings (SSSR count). The molecule has 0 spiro atoms. The lowest BCUT2D eigenvalue weighted by Gasteiger charge is -2.33. The fourth-order valence-electron chi connectivity index (χ4n) is 3.27. The van der Waals surface area contributed by atoms with Crippen LogP contribution in [0.4, 0.5) is 0 Å². The first-order valence-electron chi connectivity index (χ1n) is 7.52. The van der Waals surface area contributed by atoms with E-state index in [2.05, 4.69) is 52.2 Å². The number of nitrogens with one attached hydrogen (secondary N) is 1. The normalized spacial score (nSPS) is 25.2. The summed E-state index contributed by atoms with van der Waals surface area (Å²) in [6.07, 6.45) is 8.50. The van der Waals surface area contributed by atoms with Crippen molar-refractivity contribution in [2.45, 2.75) is 52.0 Å². The molecule has 1 saturated carbocycles. The molecule has 1 aromatic rings. The van der Waals surface area contributed by atoms with E-state index in [1.807, 2.05) is 6.20 Å². The minimum Gasteiger partial charge on any atom is -0.314 e. The van der Waals surface area contributed by atoms with Crippen LogP contribution in [-0.2, 0) is 6.42 Å². The Bertz CT molecular complexity index is 377. The van der Waals surface area contributed by atoms with Crippen LogP contribution < -0.4 is 5.32 Å². The summed E-state index contributed by atoms with van der Waals surface area (Å²) in [5.41, 5.74) is 1.20. The summed E-state index contributed by atoms with van der Waals surface area (Å²) >= 11 is 3.45. The summed E-state index contributed by atoms with van der Waals surface area (Å²) in [6, 6.07) is 4.82. The number of hydrogen-bond acceptors (Lipinski definition) is 2. The summed E-state index contributed by atoms with van der Waals surface area (Å²) in [5, 5.41) is 3.68. The maximum absolute atomic E-state index is 4.53. The second kappa shape index (κ2) is 7.39. The van der Waals surface area contributed by atoms with Crippen LogP contribution >= 0.6 is 15.9 Å². The lowest BCUT2D eigenvalue weighted by atomic mass is 9.77. The van der Waals surface area contributed by atoms with Gasteiger partial charge in [-0.25, -0.2) is 0 Å². The van der Waals surface area contributed by atoms with Crippen LogP contribution in [0, 0.1) is 11.8 Å². The van der Waals surface area contributed by atoms with E-state index in [0.717, 1.165) is 29.3 Å². The van der Waals surface area contributed by atoms with Gasteiger partial charge in [-0.3, -0.25) is 4.98 Å². The molecule has 1 aromatic heterocycles. The molecular weight excluding hydrogens is 300 g/mol. The first-order chi connectivity index (χ1) is 9.19. The first kappa shape index (κ1) is 15.0. The van der Waals surface area contributed by atoms with Crippen LogP contribution in [0.15, 0.2) is 22.8 Å². The molecule has 2 nitrogen and oxygen atoms in total. The molecule has 0 amide bonds. The van der Waals surface area contributed by atoms with E-state index >= 15 is 0 Å². The third-order valence-electron chi connectivity index (χ3n) is 4.23. The number of halogens is 1. The van der Waals surface area contributed by atoms with Crippen LogP contribution in [-0.4, -0.2) is 17.6 Å². The highest BCUT2D eigenvalue weighted by molar-refractivity contribution is 9.10. The standard InChI is InChI=1S/C16H25BrN2/c1-3-18-16(13-6-4-5-12(2)9-13)10-15-8-7-14(17)11-19-15/h7-8,11-13,16,18H,3-6,9-10H2,1-2H3. The van der Waals surface area contributed by atoms with Crippen molar-refractivity contribution in [3.8, 4) is 0 Å². The predicted octanol–water partition coefficient (Wildman–Crippen LogP) is 4.19. The molecule has 3 atom stereocenters. The van der Waals surface area contributed by atoms with Crippen LogP contribution in [0.1, 0.15) is 45.2 Å². The third kappa shape index (κ3) is 4.57. The van der Waals surface area contributed by atoms with Gasteiger partial charge in [0.15, 0.2) is 0 Å². The quantitative estimate of drug-likeness (QED) is 0.878. The minimum absolute atomic E-state index is 0.585. The van der Waals surface area contributed by atoms with Gasteiger partial charge in [0.2, 0.25) is 0 Å². The van der Waals surface area contributed by atoms with Gasteiger partial charge < -0.3 is 5.32 Å². The highest BCUT2D eigenvalue weighted by atomic mass is 79.9. The highest BCUT2D eigenvalue weighted by Crippen LogP contribution is 2.31. The average molecular weight is 325 g/mol. The zero-order chi connectivity index (χ0) is 13.7. The van der Waals surface area contributed by atoms with E-state index in [1.54, 1.807) is 0 Å². The zero-order valence-corrected chi connectivity index (χ0v) is 13.6. The van der Waals surface area contributed by atoms with E-state index in [9.17, 15) is 0 Å². The Hall–Kier alpha value is -0.410. The number of likely N-dealkylation sites (N-methyl/N-ethyl adjacent to an activating group) is 1. The van der Waals surface area contributed by atoms with Crippen LogP contribution in [0.2, 0.25) is 0 Å². The van der Waals surface area contributed by atoms with E-state index in [0.29, 0.717) is 6.04 Å². The van der Waals surface area contributed by atoms with Gasteiger partial charge in [-0.05, 0) is 59.3 Å². The Balaban J connectivity index is 2.00. The Morgan fingerprint density at radius 2 is 2.26 bits per heavy atom. The molecule has 0 aromatic carbocycles. The van der Waals surface area contributed by atoms with Crippen LogP contribution in [0.3, 0.4) is 0 Å². The monoisotopic (exact) mass is 324 g/mol. The zero-order valence-electron chi connectivity index (χ0n) is 12.0. The van der Waals surface area contributed by atoms with Crippen LogP contribution in [0.5, 0.6) is 0 Å². The molecule has 3 unspecified atom stereocenters. The summed E-state index contributed by atoms with van der Waals surface area (Å²) in [7, 11) is 0. The molecule has 0 bridgehead atoms. The summed E-state index contributed by atoms with van der Waals surface area (Å²) in [5.74, 6) is 1.70. The Morgan fingerprint density at radius 3 is 2.89 bits per heavy atom. The Morgan fingerprint density at radius 1 is 1.42 bits per heavy atom.